The molecule has 1 unspecified atom stereocenters. The molecule has 3 aromatic rings. The van der Waals surface area contributed by atoms with Crippen molar-refractivity contribution in [3.63, 3.8) is 0 Å². The minimum absolute atomic E-state index is 0.00596. The highest BCUT2D eigenvalue weighted by atomic mass is 16.2. The first-order valence-corrected chi connectivity index (χ1v) is 9.42. The normalized spacial score (nSPS) is 16.6. The van der Waals surface area contributed by atoms with E-state index in [1.54, 1.807) is 18.6 Å². The Hall–Kier alpha value is -3.35. The molecule has 0 bridgehead atoms. The van der Waals surface area contributed by atoms with Gasteiger partial charge in [0.2, 0.25) is 5.91 Å². The van der Waals surface area contributed by atoms with Crippen molar-refractivity contribution in [1.29, 1.82) is 0 Å². The van der Waals surface area contributed by atoms with Crippen molar-refractivity contribution in [2.75, 3.05) is 23.3 Å². The van der Waals surface area contributed by atoms with E-state index in [1.165, 1.54) is 0 Å². The van der Waals surface area contributed by atoms with Gasteiger partial charge in [0.15, 0.2) is 5.82 Å². The van der Waals surface area contributed by atoms with Gasteiger partial charge in [0.05, 0.1) is 11.6 Å². The number of pyridine rings is 2. The van der Waals surface area contributed by atoms with E-state index >= 15 is 0 Å². The van der Waals surface area contributed by atoms with Crippen molar-refractivity contribution in [3.8, 4) is 11.3 Å². The molecule has 0 aliphatic carbocycles. The fraction of sp³-hybridized carbons (Fsp3) is 0.286. The van der Waals surface area contributed by atoms with Crippen molar-refractivity contribution in [1.82, 2.24) is 20.2 Å². The average molecular weight is 374 g/mol. The predicted molar refractivity (Wildman–Crippen MR) is 108 cm³/mol. The number of rotatable bonds is 4. The van der Waals surface area contributed by atoms with Gasteiger partial charge in [-0.3, -0.25) is 9.78 Å². The molecule has 142 valence electrons. The third kappa shape index (κ3) is 3.98. The van der Waals surface area contributed by atoms with Crippen LogP contribution in [0.25, 0.3) is 11.3 Å². The summed E-state index contributed by atoms with van der Waals surface area (Å²) in [5.74, 6) is 1.32. The molecule has 0 aromatic carbocycles. The van der Waals surface area contributed by atoms with Crippen LogP contribution in [0.15, 0.2) is 55.0 Å². The number of anilines is 2. The highest BCUT2D eigenvalue weighted by molar-refractivity contribution is 5.92. The molecule has 1 amide bonds. The lowest BCUT2D eigenvalue weighted by atomic mass is 9.97. The van der Waals surface area contributed by atoms with Gasteiger partial charge in [-0.15, -0.1) is 10.2 Å². The lowest BCUT2D eigenvalue weighted by Crippen LogP contribution is -2.41. The lowest BCUT2D eigenvalue weighted by Gasteiger charge is -2.32. The average Bonchev–Trinajstić information content (AvgIpc) is 2.76. The standard InChI is InChI=1S/C21H22N6O/c1-15-5-2-11-23-20(15)24-21(28)17-7-4-12-27(14-17)19-9-8-18(25-26-19)16-6-3-10-22-13-16/h2-3,5-6,8-11,13,17H,4,7,12,14H2,1H3,(H,23,24,28). The molecule has 1 N–H and O–H groups in total. The van der Waals surface area contributed by atoms with E-state index in [0.717, 1.165) is 42.0 Å². The van der Waals surface area contributed by atoms with Gasteiger partial charge in [0, 0.05) is 37.2 Å². The molecular weight excluding hydrogens is 352 g/mol. The zero-order valence-electron chi connectivity index (χ0n) is 15.7. The molecular formula is C21H22N6O. The third-order valence-corrected chi connectivity index (χ3v) is 4.97. The lowest BCUT2D eigenvalue weighted by molar-refractivity contribution is -0.120. The van der Waals surface area contributed by atoms with Gasteiger partial charge in [-0.25, -0.2) is 4.98 Å². The van der Waals surface area contributed by atoms with Gasteiger partial charge >= 0.3 is 0 Å². The van der Waals surface area contributed by atoms with Gasteiger partial charge in [0.25, 0.3) is 0 Å². The molecule has 7 nitrogen and oxygen atoms in total. The van der Waals surface area contributed by atoms with E-state index in [1.807, 2.05) is 43.3 Å². The Balaban J connectivity index is 1.43. The first-order chi connectivity index (χ1) is 13.7. The summed E-state index contributed by atoms with van der Waals surface area (Å²) in [7, 11) is 0. The van der Waals surface area contributed by atoms with Crippen molar-refractivity contribution in [2.45, 2.75) is 19.8 Å². The second-order valence-corrected chi connectivity index (χ2v) is 6.96. The van der Waals surface area contributed by atoms with Crippen LogP contribution in [0.4, 0.5) is 11.6 Å². The summed E-state index contributed by atoms with van der Waals surface area (Å²) < 4.78 is 0. The number of hydrogen-bond acceptors (Lipinski definition) is 6. The van der Waals surface area contributed by atoms with Crippen LogP contribution in [-0.2, 0) is 4.79 Å². The van der Waals surface area contributed by atoms with E-state index < -0.39 is 0 Å². The van der Waals surface area contributed by atoms with Crippen LogP contribution in [0.3, 0.4) is 0 Å². The number of nitrogens with zero attached hydrogens (tertiary/aromatic N) is 5. The third-order valence-electron chi connectivity index (χ3n) is 4.97. The summed E-state index contributed by atoms with van der Waals surface area (Å²) >= 11 is 0. The van der Waals surface area contributed by atoms with Gasteiger partial charge in [0.1, 0.15) is 5.82 Å². The van der Waals surface area contributed by atoms with Crippen molar-refractivity contribution in [3.05, 3.63) is 60.6 Å². The second-order valence-electron chi connectivity index (χ2n) is 6.96. The molecule has 0 saturated carbocycles. The molecule has 1 aliphatic heterocycles. The van der Waals surface area contributed by atoms with E-state index in [-0.39, 0.29) is 11.8 Å². The van der Waals surface area contributed by atoms with E-state index in [4.69, 9.17) is 0 Å². The number of nitrogens with one attached hydrogen (secondary N) is 1. The van der Waals surface area contributed by atoms with Crippen molar-refractivity contribution in [2.24, 2.45) is 5.92 Å². The maximum Gasteiger partial charge on any atom is 0.230 e. The van der Waals surface area contributed by atoms with Gasteiger partial charge in [-0.1, -0.05) is 6.07 Å². The Morgan fingerprint density at radius 1 is 1.14 bits per heavy atom. The zero-order valence-corrected chi connectivity index (χ0v) is 15.7. The van der Waals surface area contributed by atoms with Crippen LogP contribution >= 0.6 is 0 Å². The van der Waals surface area contributed by atoms with Crippen molar-refractivity contribution < 1.29 is 4.79 Å². The zero-order chi connectivity index (χ0) is 19.3. The van der Waals surface area contributed by atoms with Gasteiger partial charge < -0.3 is 10.2 Å². The van der Waals surface area contributed by atoms with E-state index in [2.05, 4.69) is 30.4 Å². The topological polar surface area (TPSA) is 83.9 Å². The van der Waals surface area contributed by atoms with Crippen LogP contribution in [-0.4, -0.2) is 39.2 Å². The first-order valence-electron chi connectivity index (χ1n) is 9.42. The summed E-state index contributed by atoms with van der Waals surface area (Å²) in [6.07, 6.45) is 6.98. The van der Waals surface area contributed by atoms with Crippen LogP contribution in [0.5, 0.6) is 0 Å². The minimum atomic E-state index is -0.102. The largest absolute Gasteiger partial charge is 0.354 e. The molecule has 4 rings (SSSR count). The number of carbonyl (C=O) groups excluding carboxylic acids is 1. The van der Waals surface area contributed by atoms with Gasteiger partial charge in [-0.05, 0) is 55.7 Å². The highest BCUT2D eigenvalue weighted by Gasteiger charge is 2.27. The van der Waals surface area contributed by atoms with Crippen molar-refractivity contribution >= 4 is 17.5 Å². The maximum absolute atomic E-state index is 12.7. The van der Waals surface area contributed by atoms with E-state index in [9.17, 15) is 4.79 Å². The molecule has 0 radical (unpaired) electrons. The van der Waals surface area contributed by atoms with Crippen LogP contribution in [0, 0.1) is 12.8 Å². The summed E-state index contributed by atoms with van der Waals surface area (Å²) in [4.78, 5) is 23.2. The number of hydrogen-bond donors (Lipinski definition) is 1. The predicted octanol–water partition coefficient (Wildman–Crippen LogP) is 3.10. The number of amides is 1. The number of aromatic nitrogens is 4. The molecule has 1 fully saturated rings. The van der Waals surface area contributed by atoms with Gasteiger partial charge in [-0.2, -0.15) is 0 Å². The summed E-state index contributed by atoms with van der Waals surface area (Å²) in [6.45, 7) is 3.43. The van der Waals surface area contributed by atoms with Crippen LogP contribution in [0.1, 0.15) is 18.4 Å². The summed E-state index contributed by atoms with van der Waals surface area (Å²) in [5, 5.41) is 11.7. The van der Waals surface area contributed by atoms with E-state index in [0.29, 0.717) is 12.4 Å². The molecule has 28 heavy (non-hydrogen) atoms. The fourth-order valence-electron chi connectivity index (χ4n) is 3.40. The van der Waals surface area contributed by atoms with Crippen LogP contribution < -0.4 is 10.2 Å². The Morgan fingerprint density at radius 3 is 2.79 bits per heavy atom. The smallest absolute Gasteiger partial charge is 0.230 e. The monoisotopic (exact) mass is 374 g/mol. The molecule has 4 heterocycles. The maximum atomic E-state index is 12.7. The number of carbonyl (C=O) groups is 1. The first kappa shape index (κ1) is 18.0. The summed E-state index contributed by atoms with van der Waals surface area (Å²) in [6, 6.07) is 11.5. The molecule has 3 aromatic heterocycles. The Morgan fingerprint density at radius 2 is 2.04 bits per heavy atom. The Labute approximate surface area is 163 Å². The Kier molecular flexibility index (Phi) is 5.23. The van der Waals surface area contributed by atoms with Crippen LogP contribution in [0.2, 0.25) is 0 Å². The summed E-state index contributed by atoms with van der Waals surface area (Å²) in [5.41, 5.74) is 2.68. The molecule has 1 aliphatic rings. The quantitative estimate of drug-likeness (QED) is 0.755. The number of piperidine rings is 1. The molecule has 7 heteroatoms. The highest BCUT2D eigenvalue weighted by Crippen LogP contribution is 2.24. The minimum Gasteiger partial charge on any atom is -0.354 e. The SMILES string of the molecule is Cc1cccnc1NC(=O)C1CCCN(c2ccc(-c3cccnc3)nn2)C1. The molecule has 1 saturated heterocycles. The number of aryl methyl sites for hydroxylation is 1. The fourth-order valence-corrected chi connectivity index (χ4v) is 3.40. The second kappa shape index (κ2) is 8.12. The molecule has 1 atom stereocenters. The molecule has 0 spiro atoms. The Bertz CT molecular complexity index is 945.